The molecule has 0 radical (unpaired) electrons. The Hall–Kier alpha value is -0.0800. The zero-order valence-electron chi connectivity index (χ0n) is 10.9. The van der Waals surface area contributed by atoms with Crippen molar-refractivity contribution in [1.82, 2.24) is 10.6 Å². The molecule has 1 saturated heterocycles. The van der Waals surface area contributed by atoms with Crippen LogP contribution < -0.4 is 10.6 Å². The van der Waals surface area contributed by atoms with Crippen molar-refractivity contribution < 1.29 is 0 Å². The van der Waals surface area contributed by atoms with Gasteiger partial charge in [-0.3, -0.25) is 0 Å². The summed E-state index contributed by atoms with van der Waals surface area (Å²) in [4.78, 5) is 0. The van der Waals surface area contributed by atoms with Gasteiger partial charge >= 0.3 is 0 Å². The molecule has 1 heterocycles. The molecule has 0 aromatic heterocycles. The summed E-state index contributed by atoms with van der Waals surface area (Å²) in [6, 6.07) is 0. The molecule has 2 fully saturated rings. The molecule has 1 aliphatic heterocycles. The van der Waals surface area contributed by atoms with Crippen LogP contribution in [0.2, 0.25) is 0 Å². The minimum Gasteiger partial charge on any atom is -0.315 e. The highest BCUT2D eigenvalue weighted by atomic mass is 15.1. The first kappa shape index (κ1) is 12.4. The monoisotopic (exact) mass is 224 g/mol. The van der Waals surface area contributed by atoms with Gasteiger partial charge in [-0.05, 0) is 44.7 Å². The van der Waals surface area contributed by atoms with Gasteiger partial charge in [0, 0.05) is 12.1 Å². The molecule has 1 unspecified atom stereocenters. The lowest BCUT2D eigenvalue weighted by Crippen LogP contribution is -2.48. The van der Waals surface area contributed by atoms with E-state index < -0.39 is 0 Å². The van der Waals surface area contributed by atoms with Gasteiger partial charge in [-0.1, -0.05) is 32.6 Å². The zero-order chi connectivity index (χ0) is 11.3. The molecule has 94 valence electrons. The maximum atomic E-state index is 3.72. The maximum Gasteiger partial charge on any atom is 0.0306 e. The normalized spacial score (nSPS) is 30.6. The lowest BCUT2D eigenvalue weighted by atomic mass is 9.83. The van der Waals surface area contributed by atoms with Gasteiger partial charge < -0.3 is 10.6 Å². The minimum atomic E-state index is 0.439. The predicted octanol–water partition coefficient (Wildman–Crippen LogP) is 2.69. The van der Waals surface area contributed by atoms with Gasteiger partial charge in [0.05, 0.1) is 0 Å². The second-order valence-corrected chi connectivity index (χ2v) is 5.82. The van der Waals surface area contributed by atoms with E-state index in [1.807, 2.05) is 0 Å². The number of hydrogen-bond acceptors (Lipinski definition) is 2. The molecule has 1 atom stereocenters. The third-order valence-electron chi connectivity index (χ3n) is 4.48. The Bertz CT molecular complexity index is 193. The Balaban J connectivity index is 1.61. The molecule has 2 nitrogen and oxygen atoms in total. The van der Waals surface area contributed by atoms with Gasteiger partial charge in [0.2, 0.25) is 0 Å². The molecule has 1 saturated carbocycles. The molecular weight excluding hydrogens is 196 g/mol. The molecular formula is C14H28N2. The highest BCUT2D eigenvalue weighted by Gasteiger charge is 2.31. The number of hydrogen-bond donors (Lipinski definition) is 2. The first-order valence-corrected chi connectivity index (χ1v) is 7.30. The molecule has 2 rings (SSSR count). The topological polar surface area (TPSA) is 24.1 Å². The van der Waals surface area contributed by atoms with E-state index in [4.69, 9.17) is 0 Å². The van der Waals surface area contributed by atoms with Crippen LogP contribution in [0.4, 0.5) is 0 Å². The summed E-state index contributed by atoms with van der Waals surface area (Å²) in [5.74, 6) is 1.05. The number of rotatable bonds is 7. The second-order valence-electron chi connectivity index (χ2n) is 5.82. The summed E-state index contributed by atoms with van der Waals surface area (Å²) in [5.41, 5.74) is 0.439. The minimum absolute atomic E-state index is 0.439. The Morgan fingerprint density at radius 2 is 2.19 bits per heavy atom. The van der Waals surface area contributed by atoms with Crippen molar-refractivity contribution in [2.24, 2.45) is 5.92 Å². The highest BCUT2D eigenvalue weighted by molar-refractivity contribution is 4.94. The van der Waals surface area contributed by atoms with Crippen LogP contribution in [0.25, 0.3) is 0 Å². The van der Waals surface area contributed by atoms with Crippen molar-refractivity contribution in [2.75, 3.05) is 19.6 Å². The number of nitrogens with one attached hydrogen (secondary N) is 2. The van der Waals surface area contributed by atoms with E-state index in [-0.39, 0.29) is 0 Å². The standard InChI is InChI=1S/C14H28N2/c1-2-8-14(9-4-10-16-14)12-15-11-7-13-5-3-6-13/h13,15-16H,2-12H2,1H3. The van der Waals surface area contributed by atoms with Gasteiger partial charge in [-0.2, -0.15) is 0 Å². The van der Waals surface area contributed by atoms with E-state index in [1.54, 1.807) is 0 Å². The fourth-order valence-corrected chi connectivity index (χ4v) is 3.22. The summed E-state index contributed by atoms with van der Waals surface area (Å²) in [6.07, 6.45) is 11.2. The first-order valence-electron chi connectivity index (χ1n) is 7.30. The molecule has 2 N–H and O–H groups in total. The van der Waals surface area contributed by atoms with Crippen molar-refractivity contribution >= 4 is 0 Å². The molecule has 16 heavy (non-hydrogen) atoms. The Morgan fingerprint density at radius 1 is 1.31 bits per heavy atom. The van der Waals surface area contributed by atoms with Crippen LogP contribution >= 0.6 is 0 Å². The lowest BCUT2D eigenvalue weighted by Gasteiger charge is -2.31. The van der Waals surface area contributed by atoms with E-state index in [9.17, 15) is 0 Å². The molecule has 1 aliphatic carbocycles. The van der Waals surface area contributed by atoms with Crippen LogP contribution in [0, 0.1) is 5.92 Å². The maximum absolute atomic E-state index is 3.72. The van der Waals surface area contributed by atoms with Gasteiger partial charge in [-0.25, -0.2) is 0 Å². The van der Waals surface area contributed by atoms with Crippen molar-refractivity contribution in [1.29, 1.82) is 0 Å². The smallest absolute Gasteiger partial charge is 0.0306 e. The van der Waals surface area contributed by atoms with Gasteiger partial charge in [0.15, 0.2) is 0 Å². The average Bonchev–Trinajstić information content (AvgIpc) is 2.64. The summed E-state index contributed by atoms with van der Waals surface area (Å²) < 4.78 is 0. The SMILES string of the molecule is CCCC1(CNCCC2CCC2)CCCN1. The van der Waals surface area contributed by atoms with E-state index in [0.29, 0.717) is 5.54 Å². The summed E-state index contributed by atoms with van der Waals surface area (Å²) in [6.45, 7) is 5.95. The van der Waals surface area contributed by atoms with Crippen LogP contribution in [0.15, 0.2) is 0 Å². The van der Waals surface area contributed by atoms with E-state index in [1.165, 1.54) is 71.0 Å². The Labute approximate surface area is 101 Å². The van der Waals surface area contributed by atoms with Crippen molar-refractivity contribution in [3.05, 3.63) is 0 Å². The third kappa shape index (κ3) is 3.21. The van der Waals surface area contributed by atoms with Crippen LogP contribution in [-0.4, -0.2) is 25.2 Å². The third-order valence-corrected chi connectivity index (χ3v) is 4.48. The van der Waals surface area contributed by atoms with Crippen LogP contribution in [0.3, 0.4) is 0 Å². The molecule has 0 aromatic rings. The van der Waals surface area contributed by atoms with E-state index >= 15 is 0 Å². The molecule has 0 aromatic carbocycles. The predicted molar refractivity (Wildman–Crippen MR) is 69.7 cm³/mol. The molecule has 0 amide bonds. The van der Waals surface area contributed by atoms with Crippen LogP contribution in [0.5, 0.6) is 0 Å². The van der Waals surface area contributed by atoms with Crippen molar-refractivity contribution in [3.63, 3.8) is 0 Å². The van der Waals surface area contributed by atoms with Gasteiger partial charge in [0.25, 0.3) is 0 Å². The van der Waals surface area contributed by atoms with Crippen LogP contribution in [0.1, 0.15) is 58.3 Å². The Kier molecular flexibility index (Phi) is 4.66. The first-order chi connectivity index (χ1) is 7.85. The van der Waals surface area contributed by atoms with E-state index in [0.717, 1.165) is 5.92 Å². The summed E-state index contributed by atoms with van der Waals surface area (Å²) in [7, 11) is 0. The molecule has 2 heteroatoms. The highest BCUT2D eigenvalue weighted by Crippen LogP contribution is 2.29. The second kappa shape index (κ2) is 6.02. The average molecular weight is 224 g/mol. The zero-order valence-corrected chi connectivity index (χ0v) is 10.9. The fraction of sp³-hybridized carbons (Fsp3) is 1.00. The lowest BCUT2D eigenvalue weighted by molar-refractivity contribution is 0.277. The summed E-state index contributed by atoms with van der Waals surface area (Å²) >= 11 is 0. The summed E-state index contributed by atoms with van der Waals surface area (Å²) in [5, 5.41) is 7.41. The molecule has 0 bridgehead atoms. The molecule has 2 aliphatic rings. The van der Waals surface area contributed by atoms with Crippen molar-refractivity contribution in [2.45, 2.75) is 63.8 Å². The van der Waals surface area contributed by atoms with Gasteiger partial charge in [0.1, 0.15) is 0 Å². The van der Waals surface area contributed by atoms with Gasteiger partial charge in [-0.15, -0.1) is 0 Å². The fourth-order valence-electron chi connectivity index (χ4n) is 3.22. The molecule has 0 spiro atoms. The quantitative estimate of drug-likeness (QED) is 0.650. The van der Waals surface area contributed by atoms with Crippen molar-refractivity contribution in [3.8, 4) is 0 Å². The van der Waals surface area contributed by atoms with E-state index in [2.05, 4.69) is 17.6 Å². The van der Waals surface area contributed by atoms with Crippen LogP contribution in [-0.2, 0) is 0 Å². The Morgan fingerprint density at radius 3 is 2.75 bits per heavy atom. The largest absolute Gasteiger partial charge is 0.315 e.